The molecule has 4 aliphatic rings. The first-order valence-electron chi connectivity index (χ1n) is 8.28. The van der Waals surface area contributed by atoms with Crippen molar-refractivity contribution in [3.8, 4) is 0 Å². The first-order valence-corrected chi connectivity index (χ1v) is 8.28. The summed E-state index contributed by atoms with van der Waals surface area (Å²) in [6.45, 7) is 4.00. The molecule has 0 spiro atoms. The lowest BCUT2D eigenvalue weighted by Gasteiger charge is -2.59. The van der Waals surface area contributed by atoms with Gasteiger partial charge in [-0.2, -0.15) is 0 Å². The second-order valence-electron chi connectivity index (χ2n) is 7.80. The number of nitrogens with one attached hydrogen (secondary N) is 1. The van der Waals surface area contributed by atoms with Gasteiger partial charge in [-0.25, -0.2) is 0 Å². The zero-order chi connectivity index (χ0) is 14.6. The molecule has 1 aromatic heterocycles. The maximum atomic E-state index is 12.3. The van der Waals surface area contributed by atoms with Crippen molar-refractivity contribution in [2.45, 2.75) is 58.4 Å². The second kappa shape index (κ2) is 4.59. The van der Waals surface area contributed by atoms with E-state index in [4.69, 9.17) is 4.52 Å². The Labute approximate surface area is 125 Å². The highest BCUT2D eigenvalue weighted by Crippen LogP contribution is 2.61. The normalized spacial score (nSPS) is 38.5. The topological polar surface area (TPSA) is 55.1 Å². The molecule has 1 aromatic rings. The Hall–Kier alpha value is -1.32. The van der Waals surface area contributed by atoms with Gasteiger partial charge < -0.3 is 9.84 Å². The Kier molecular flexibility index (Phi) is 2.92. The molecule has 0 aliphatic heterocycles. The maximum Gasteiger partial charge on any atom is 0.273 e. The molecule has 5 rings (SSSR count). The monoisotopic (exact) mass is 288 g/mol. The molecule has 21 heavy (non-hydrogen) atoms. The van der Waals surface area contributed by atoms with E-state index in [1.807, 2.05) is 6.92 Å². The van der Waals surface area contributed by atoms with Crippen LogP contribution in [0.4, 0.5) is 0 Å². The average molecular weight is 288 g/mol. The van der Waals surface area contributed by atoms with Crippen molar-refractivity contribution in [3.05, 3.63) is 17.5 Å². The Balaban J connectivity index is 1.50. The summed E-state index contributed by atoms with van der Waals surface area (Å²) in [6.07, 6.45) is 8.21. The smallest absolute Gasteiger partial charge is 0.273 e. The van der Waals surface area contributed by atoms with Gasteiger partial charge in [0.1, 0.15) is 5.76 Å². The Morgan fingerprint density at radius 2 is 1.86 bits per heavy atom. The van der Waals surface area contributed by atoms with E-state index >= 15 is 0 Å². The molecule has 1 amide bonds. The van der Waals surface area contributed by atoms with Crippen molar-refractivity contribution in [1.82, 2.24) is 10.5 Å². The van der Waals surface area contributed by atoms with E-state index in [9.17, 15) is 4.79 Å². The molecular formula is C17H24N2O2. The second-order valence-corrected chi connectivity index (χ2v) is 7.80. The summed E-state index contributed by atoms with van der Waals surface area (Å²) in [5.41, 5.74) is 0.743. The first-order chi connectivity index (χ1) is 10.0. The molecule has 4 aliphatic carbocycles. The lowest BCUT2D eigenvalue weighted by Crippen LogP contribution is -2.55. The van der Waals surface area contributed by atoms with E-state index in [1.165, 1.54) is 38.5 Å². The third-order valence-corrected chi connectivity index (χ3v) is 6.21. The molecule has 0 aromatic carbocycles. The summed E-state index contributed by atoms with van der Waals surface area (Å²) in [5, 5.41) is 7.03. The minimum atomic E-state index is -0.0879. The van der Waals surface area contributed by atoms with Gasteiger partial charge in [0.25, 0.3) is 5.91 Å². The largest absolute Gasteiger partial charge is 0.361 e. The molecule has 0 unspecified atom stereocenters. The van der Waals surface area contributed by atoms with Gasteiger partial charge in [-0.1, -0.05) is 5.16 Å². The van der Waals surface area contributed by atoms with Crippen molar-refractivity contribution in [2.75, 3.05) is 0 Å². The van der Waals surface area contributed by atoms with E-state index in [-0.39, 0.29) is 11.9 Å². The molecule has 4 bridgehead atoms. The lowest BCUT2D eigenvalue weighted by molar-refractivity contribution is -0.0688. The molecule has 0 saturated heterocycles. The highest BCUT2D eigenvalue weighted by atomic mass is 16.5. The summed E-state index contributed by atoms with van der Waals surface area (Å²) in [4.78, 5) is 12.3. The number of aromatic nitrogens is 1. The molecule has 114 valence electrons. The fraction of sp³-hybridized carbons (Fsp3) is 0.765. The molecule has 1 atom stereocenters. The Morgan fingerprint density at radius 1 is 1.29 bits per heavy atom. The molecule has 4 nitrogen and oxygen atoms in total. The number of aryl methyl sites for hydroxylation is 1. The number of nitrogens with zero attached hydrogens (tertiary/aromatic N) is 1. The fourth-order valence-corrected chi connectivity index (χ4v) is 5.61. The van der Waals surface area contributed by atoms with Gasteiger partial charge in [0.2, 0.25) is 0 Å². The SMILES string of the molecule is Cc1cc(C(=O)N[C@H](C)C23CC4CC(CC(C4)C2)C3)no1. The van der Waals surface area contributed by atoms with E-state index < -0.39 is 0 Å². The average Bonchev–Trinajstić information content (AvgIpc) is 2.84. The molecule has 4 fully saturated rings. The van der Waals surface area contributed by atoms with Crippen LogP contribution in [0.3, 0.4) is 0 Å². The third-order valence-electron chi connectivity index (χ3n) is 6.21. The predicted octanol–water partition coefficient (Wildman–Crippen LogP) is 3.32. The minimum Gasteiger partial charge on any atom is -0.361 e. The number of hydrogen-bond acceptors (Lipinski definition) is 3. The van der Waals surface area contributed by atoms with Crippen molar-refractivity contribution in [1.29, 1.82) is 0 Å². The highest BCUT2D eigenvalue weighted by molar-refractivity contribution is 5.92. The number of carbonyl (C=O) groups is 1. The summed E-state index contributed by atoms with van der Waals surface area (Å²) in [7, 11) is 0. The van der Waals surface area contributed by atoms with Gasteiger partial charge in [-0.3, -0.25) is 4.79 Å². The Bertz CT molecular complexity index is 528. The summed E-state index contributed by atoms with van der Waals surface area (Å²) < 4.78 is 5.01. The van der Waals surface area contributed by atoms with Gasteiger partial charge >= 0.3 is 0 Å². The maximum absolute atomic E-state index is 12.3. The number of carbonyl (C=O) groups excluding carboxylic acids is 1. The van der Waals surface area contributed by atoms with Crippen molar-refractivity contribution in [3.63, 3.8) is 0 Å². The van der Waals surface area contributed by atoms with Crippen LogP contribution in [-0.2, 0) is 0 Å². The van der Waals surface area contributed by atoms with E-state index in [2.05, 4.69) is 17.4 Å². The summed E-state index contributed by atoms with van der Waals surface area (Å²) >= 11 is 0. The molecule has 4 saturated carbocycles. The predicted molar refractivity (Wildman–Crippen MR) is 78.8 cm³/mol. The zero-order valence-corrected chi connectivity index (χ0v) is 12.9. The Morgan fingerprint density at radius 3 is 2.33 bits per heavy atom. The van der Waals surface area contributed by atoms with Gasteiger partial charge in [-0.15, -0.1) is 0 Å². The zero-order valence-electron chi connectivity index (χ0n) is 12.9. The van der Waals surface area contributed by atoms with Gasteiger partial charge in [0.15, 0.2) is 5.69 Å². The van der Waals surface area contributed by atoms with E-state index in [0.29, 0.717) is 16.9 Å². The van der Waals surface area contributed by atoms with Crippen LogP contribution in [0.1, 0.15) is 61.7 Å². The van der Waals surface area contributed by atoms with Crippen LogP contribution in [0, 0.1) is 30.1 Å². The van der Waals surface area contributed by atoms with E-state index in [1.54, 1.807) is 6.07 Å². The van der Waals surface area contributed by atoms with Crippen LogP contribution in [0.5, 0.6) is 0 Å². The number of rotatable bonds is 3. The summed E-state index contributed by atoms with van der Waals surface area (Å²) in [6, 6.07) is 1.94. The van der Waals surface area contributed by atoms with Gasteiger partial charge in [0, 0.05) is 12.1 Å². The molecule has 4 heteroatoms. The van der Waals surface area contributed by atoms with Crippen molar-refractivity contribution in [2.24, 2.45) is 23.2 Å². The van der Waals surface area contributed by atoms with Crippen LogP contribution in [0.2, 0.25) is 0 Å². The number of hydrogen-bond donors (Lipinski definition) is 1. The minimum absolute atomic E-state index is 0.0879. The van der Waals surface area contributed by atoms with Gasteiger partial charge in [-0.05, 0) is 75.5 Å². The van der Waals surface area contributed by atoms with E-state index in [0.717, 1.165) is 17.8 Å². The van der Waals surface area contributed by atoms with Crippen LogP contribution < -0.4 is 5.32 Å². The quantitative estimate of drug-likeness (QED) is 0.928. The fourth-order valence-electron chi connectivity index (χ4n) is 5.61. The summed E-state index contributed by atoms with van der Waals surface area (Å²) in [5.74, 6) is 3.32. The lowest BCUT2D eigenvalue weighted by atomic mass is 9.48. The van der Waals surface area contributed by atoms with Crippen molar-refractivity contribution < 1.29 is 9.32 Å². The van der Waals surface area contributed by atoms with Crippen LogP contribution in [0.25, 0.3) is 0 Å². The molecule has 0 radical (unpaired) electrons. The third kappa shape index (κ3) is 2.19. The van der Waals surface area contributed by atoms with Crippen LogP contribution >= 0.6 is 0 Å². The molecular weight excluding hydrogens is 264 g/mol. The highest BCUT2D eigenvalue weighted by Gasteiger charge is 2.53. The van der Waals surface area contributed by atoms with Crippen LogP contribution in [0.15, 0.2) is 10.6 Å². The molecule has 1 heterocycles. The molecule has 1 N–H and O–H groups in total. The number of amides is 1. The standard InChI is InChI=1S/C17H24N2O2/c1-10-3-15(19-21-10)16(20)18-11(2)17-7-12-4-13(8-17)6-14(5-12)9-17/h3,11-14H,4-9H2,1-2H3,(H,18,20)/t11-,12?,13?,14?,17?/m1/s1. The van der Waals surface area contributed by atoms with Gasteiger partial charge in [0.05, 0.1) is 0 Å². The first kappa shape index (κ1) is 13.4. The van der Waals surface area contributed by atoms with Crippen molar-refractivity contribution >= 4 is 5.91 Å². The van der Waals surface area contributed by atoms with Crippen LogP contribution in [-0.4, -0.2) is 17.1 Å².